The minimum absolute atomic E-state index is 0.0113. The monoisotopic (exact) mass is 451 g/mol. The molecule has 0 fully saturated rings. The fourth-order valence-electron chi connectivity index (χ4n) is 3.08. The molecule has 2 aromatic heterocycles. The number of anilines is 2. The topological polar surface area (TPSA) is 92.1 Å². The number of nitrogens with zero attached hydrogens (tertiary/aromatic N) is 3. The molecule has 0 saturated heterocycles. The number of aromatic hydroxyl groups is 1. The Morgan fingerprint density at radius 2 is 1.91 bits per heavy atom. The van der Waals surface area contributed by atoms with Crippen LogP contribution in [0.25, 0.3) is 5.82 Å². The molecule has 7 nitrogen and oxygen atoms in total. The molecule has 0 aliphatic heterocycles. The van der Waals surface area contributed by atoms with Gasteiger partial charge < -0.3 is 20.3 Å². The lowest BCUT2D eigenvalue weighted by Gasteiger charge is -2.09. The van der Waals surface area contributed by atoms with E-state index in [4.69, 9.17) is 11.6 Å². The first kappa shape index (κ1) is 21.3. The molecule has 2 aromatic carbocycles. The van der Waals surface area contributed by atoms with E-state index in [-0.39, 0.29) is 23.4 Å². The van der Waals surface area contributed by atoms with Gasteiger partial charge in [-0.1, -0.05) is 41.9 Å². The van der Waals surface area contributed by atoms with Crippen LogP contribution in [-0.2, 0) is 6.42 Å². The van der Waals surface area contributed by atoms with Gasteiger partial charge >= 0.3 is 0 Å². The number of hydrogen-bond acceptors (Lipinski definition) is 5. The number of aromatic nitrogens is 3. The lowest BCUT2D eigenvalue weighted by atomic mass is 10.1. The van der Waals surface area contributed by atoms with Crippen molar-refractivity contribution in [1.29, 1.82) is 0 Å². The predicted octanol–water partition coefficient (Wildman–Crippen LogP) is 4.48. The van der Waals surface area contributed by atoms with Gasteiger partial charge in [0.15, 0.2) is 11.6 Å². The Bertz CT molecular complexity index is 1260. The van der Waals surface area contributed by atoms with E-state index in [1.54, 1.807) is 54.7 Å². The van der Waals surface area contributed by atoms with E-state index in [1.807, 2.05) is 6.07 Å². The maximum absolute atomic E-state index is 14.4. The maximum Gasteiger partial charge on any atom is 0.252 e. The number of benzene rings is 2. The summed E-state index contributed by atoms with van der Waals surface area (Å²) in [5.74, 6) is -0.618. The van der Waals surface area contributed by atoms with Gasteiger partial charge in [-0.15, -0.1) is 0 Å². The van der Waals surface area contributed by atoms with E-state index in [0.29, 0.717) is 29.2 Å². The van der Waals surface area contributed by atoms with E-state index < -0.39 is 5.82 Å². The van der Waals surface area contributed by atoms with E-state index in [9.17, 15) is 14.3 Å². The van der Waals surface area contributed by atoms with Crippen molar-refractivity contribution >= 4 is 29.1 Å². The fraction of sp³-hybridized carbons (Fsp3) is 0.0870. The first-order valence-electron chi connectivity index (χ1n) is 9.79. The highest BCUT2D eigenvalue weighted by molar-refractivity contribution is 6.33. The molecule has 32 heavy (non-hydrogen) atoms. The summed E-state index contributed by atoms with van der Waals surface area (Å²) in [6.07, 6.45) is 4.56. The zero-order valence-electron chi connectivity index (χ0n) is 16.8. The largest absolute Gasteiger partial charge is 0.508 e. The van der Waals surface area contributed by atoms with Crippen molar-refractivity contribution in [3.63, 3.8) is 0 Å². The average molecular weight is 452 g/mol. The number of hydrogen-bond donors (Lipinski definition) is 3. The summed E-state index contributed by atoms with van der Waals surface area (Å²) in [4.78, 5) is 20.6. The van der Waals surface area contributed by atoms with Gasteiger partial charge in [0.05, 0.1) is 22.5 Å². The summed E-state index contributed by atoms with van der Waals surface area (Å²) >= 11 is 6.13. The van der Waals surface area contributed by atoms with Crippen molar-refractivity contribution in [3.8, 4) is 11.6 Å². The highest BCUT2D eigenvalue weighted by Gasteiger charge is 2.13. The van der Waals surface area contributed by atoms with Crippen LogP contribution in [0.15, 0.2) is 73.2 Å². The Labute approximate surface area is 188 Å². The number of rotatable bonds is 7. The second-order valence-electron chi connectivity index (χ2n) is 6.91. The molecule has 2 heterocycles. The van der Waals surface area contributed by atoms with Gasteiger partial charge in [0, 0.05) is 18.9 Å². The maximum atomic E-state index is 14.4. The van der Waals surface area contributed by atoms with Crippen LogP contribution in [0.4, 0.5) is 16.0 Å². The standard InChI is InChI=1S/C23H19ClFN5O2/c24-17-6-2-3-7-19(17)28-23-27-13-18(25)21(29-23)30-12-10-16(14-30)22(32)26-11-9-15-5-1-4-8-20(15)31/h1-8,10,12-14,31H,9,11H2,(H,26,32)(H,27,28,29). The van der Waals surface area contributed by atoms with Crippen LogP contribution < -0.4 is 10.6 Å². The summed E-state index contributed by atoms with van der Waals surface area (Å²) in [5.41, 5.74) is 1.68. The Kier molecular flexibility index (Phi) is 6.32. The van der Waals surface area contributed by atoms with Crippen LogP contribution in [0.2, 0.25) is 5.02 Å². The van der Waals surface area contributed by atoms with Crippen LogP contribution >= 0.6 is 11.6 Å². The van der Waals surface area contributed by atoms with Gasteiger partial charge in [0.25, 0.3) is 5.91 Å². The number of carbonyl (C=O) groups excluding carboxylic acids is 1. The molecule has 0 aliphatic carbocycles. The van der Waals surface area contributed by atoms with Gasteiger partial charge in [0.2, 0.25) is 5.95 Å². The normalized spacial score (nSPS) is 10.7. The number of phenols is 1. The number of phenolic OH excluding ortho intramolecular Hbond substituents is 1. The molecule has 0 aliphatic rings. The molecule has 0 spiro atoms. The molecule has 9 heteroatoms. The molecule has 3 N–H and O–H groups in total. The average Bonchev–Trinajstić information content (AvgIpc) is 3.28. The molecule has 4 aromatic rings. The van der Waals surface area contributed by atoms with Crippen molar-refractivity contribution in [1.82, 2.24) is 19.9 Å². The highest BCUT2D eigenvalue weighted by atomic mass is 35.5. The Morgan fingerprint density at radius 1 is 1.12 bits per heavy atom. The minimum Gasteiger partial charge on any atom is -0.508 e. The van der Waals surface area contributed by atoms with Crippen LogP contribution in [0, 0.1) is 5.82 Å². The zero-order chi connectivity index (χ0) is 22.5. The quantitative estimate of drug-likeness (QED) is 0.385. The third-order valence-corrected chi connectivity index (χ3v) is 5.05. The van der Waals surface area contributed by atoms with Crippen molar-refractivity contribution in [2.75, 3.05) is 11.9 Å². The third kappa shape index (κ3) is 4.87. The highest BCUT2D eigenvalue weighted by Crippen LogP contribution is 2.24. The lowest BCUT2D eigenvalue weighted by Crippen LogP contribution is -2.25. The summed E-state index contributed by atoms with van der Waals surface area (Å²) < 4.78 is 15.8. The number of amides is 1. The summed E-state index contributed by atoms with van der Waals surface area (Å²) in [6.45, 7) is 0.343. The van der Waals surface area contributed by atoms with E-state index in [2.05, 4.69) is 20.6 Å². The first-order chi connectivity index (χ1) is 15.5. The Hall–Kier alpha value is -3.91. The van der Waals surface area contributed by atoms with Crippen LogP contribution in [-0.4, -0.2) is 32.1 Å². The van der Waals surface area contributed by atoms with Gasteiger partial charge in [-0.3, -0.25) is 4.79 Å². The van der Waals surface area contributed by atoms with Crippen LogP contribution in [0.5, 0.6) is 5.75 Å². The Morgan fingerprint density at radius 3 is 2.72 bits per heavy atom. The second kappa shape index (κ2) is 9.49. The van der Waals surface area contributed by atoms with Gasteiger partial charge in [-0.05, 0) is 36.2 Å². The van der Waals surface area contributed by atoms with Crippen molar-refractivity contribution < 1.29 is 14.3 Å². The van der Waals surface area contributed by atoms with Crippen molar-refractivity contribution in [2.24, 2.45) is 0 Å². The van der Waals surface area contributed by atoms with E-state index in [0.717, 1.165) is 11.8 Å². The molecule has 0 bridgehead atoms. The van der Waals surface area contributed by atoms with Gasteiger partial charge in [-0.25, -0.2) is 9.37 Å². The number of nitrogens with one attached hydrogen (secondary N) is 2. The zero-order valence-corrected chi connectivity index (χ0v) is 17.6. The third-order valence-electron chi connectivity index (χ3n) is 4.72. The minimum atomic E-state index is -0.642. The number of para-hydroxylation sites is 2. The molecule has 0 unspecified atom stereocenters. The summed E-state index contributed by atoms with van der Waals surface area (Å²) in [7, 11) is 0. The molecular weight excluding hydrogens is 433 g/mol. The first-order valence-corrected chi connectivity index (χ1v) is 10.2. The van der Waals surface area contributed by atoms with Crippen molar-refractivity contribution in [2.45, 2.75) is 6.42 Å². The van der Waals surface area contributed by atoms with Gasteiger partial charge in [0.1, 0.15) is 5.75 Å². The van der Waals surface area contributed by atoms with E-state index >= 15 is 0 Å². The number of halogens is 2. The fourth-order valence-corrected chi connectivity index (χ4v) is 3.26. The number of carbonyl (C=O) groups is 1. The van der Waals surface area contributed by atoms with E-state index in [1.165, 1.54) is 10.8 Å². The van der Waals surface area contributed by atoms with Crippen LogP contribution in [0.1, 0.15) is 15.9 Å². The smallest absolute Gasteiger partial charge is 0.252 e. The molecule has 162 valence electrons. The second-order valence-corrected chi connectivity index (χ2v) is 7.32. The van der Waals surface area contributed by atoms with Crippen molar-refractivity contribution in [3.05, 3.63) is 95.2 Å². The summed E-state index contributed by atoms with van der Waals surface area (Å²) in [5, 5.41) is 16.0. The molecule has 0 radical (unpaired) electrons. The van der Waals surface area contributed by atoms with Gasteiger partial charge in [-0.2, -0.15) is 4.98 Å². The summed E-state index contributed by atoms with van der Waals surface area (Å²) in [6, 6.07) is 15.6. The Balaban J connectivity index is 1.45. The molecule has 0 atom stereocenters. The van der Waals surface area contributed by atoms with Crippen LogP contribution in [0.3, 0.4) is 0 Å². The SMILES string of the molecule is O=C(NCCc1ccccc1O)c1ccn(-c2nc(Nc3ccccc3Cl)ncc2F)c1. The molecular formula is C23H19ClFN5O2. The molecule has 1 amide bonds. The lowest BCUT2D eigenvalue weighted by molar-refractivity contribution is 0.0954. The predicted molar refractivity (Wildman–Crippen MR) is 120 cm³/mol. The molecule has 0 saturated carbocycles. The molecule has 4 rings (SSSR count).